The number of halogens is 3. The summed E-state index contributed by atoms with van der Waals surface area (Å²) in [5.74, 6) is -0.280. The number of hydrogen-bond acceptors (Lipinski definition) is 1. The van der Waals surface area contributed by atoms with Gasteiger partial charge >= 0.3 is 0 Å². The normalized spacial score (nSPS) is 12.4. The van der Waals surface area contributed by atoms with E-state index < -0.39 is 6.10 Å². The second kappa shape index (κ2) is 6.64. The fourth-order valence-corrected chi connectivity index (χ4v) is 2.59. The molecule has 1 N–H and O–H groups in total. The van der Waals surface area contributed by atoms with Crippen molar-refractivity contribution >= 4 is 31.9 Å². The summed E-state index contributed by atoms with van der Waals surface area (Å²) in [6.07, 6.45) is 0.227. The largest absolute Gasteiger partial charge is 0.392 e. The predicted molar refractivity (Wildman–Crippen MR) is 81.7 cm³/mol. The third-order valence-electron chi connectivity index (χ3n) is 2.85. The van der Waals surface area contributed by atoms with Gasteiger partial charge in [-0.2, -0.15) is 0 Å². The minimum Gasteiger partial charge on any atom is -0.392 e. The molecule has 0 saturated heterocycles. The van der Waals surface area contributed by atoms with E-state index >= 15 is 0 Å². The lowest BCUT2D eigenvalue weighted by Crippen LogP contribution is -2.14. The Kier molecular flexibility index (Phi) is 5.13. The second-order valence-corrected chi connectivity index (χ2v) is 6.26. The van der Waals surface area contributed by atoms with E-state index in [0.29, 0.717) is 18.4 Å². The van der Waals surface area contributed by atoms with Crippen molar-refractivity contribution in [3.63, 3.8) is 0 Å². The smallest absolute Gasteiger partial charge is 0.126 e. The van der Waals surface area contributed by atoms with E-state index in [1.54, 1.807) is 12.1 Å². The lowest BCUT2D eigenvalue weighted by atomic mass is 10.0. The molecule has 19 heavy (non-hydrogen) atoms. The first-order valence-electron chi connectivity index (χ1n) is 5.91. The van der Waals surface area contributed by atoms with Crippen molar-refractivity contribution in [2.75, 3.05) is 0 Å². The van der Waals surface area contributed by atoms with Gasteiger partial charge in [0, 0.05) is 15.4 Å². The highest BCUT2D eigenvalue weighted by atomic mass is 79.9. The molecule has 0 amide bonds. The van der Waals surface area contributed by atoms with Gasteiger partial charge in [-0.15, -0.1) is 0 Å². The van der Waals surface area contributed by atoms with Crippen LogP contribution in [0.4, 0.5) is 4.39 Å². The maximum Gasteiger partial charge on any atom is 0.126 e. The molecule has 0 aromatic heterocycles. The maximum absolute atomic E-state index is 13.6. The first-order valence-corrected chi connectivity index (χ1v) is 7.49. The number of rotatable bonds is 4. The van der Waals surface area contributed by atoms with Crippen molar-refractivity contribution in [3.8, 4) is 0 Å². The average Bonchev–Trinajstić information content (AvgIpc) is 2.37. The minimum absolute atomic E-state index is 0.280. The van der Waals surface area contributed by atoms with Gasteiger partial charge in [-0.3, -0.25) is 0 Å². The summed E-state index contributed by atoms with van der Waals surface area (Å²) in [6, 6.07) is 12.5. The Morgan fingerprint density at radius 2 is 1.58 bits per heavy atom. The zero-order chi connectivity index (χ0) is 13.8. The molecule has 2 aromatic carbocycles. The van der Waals surface area contributed by atoms with Crippen LogP contribution < -0.4 is 0 Å². The molecule has 4 heteroatoms. The van der Waals surface area contributed by atoms with Gasteiger partial charge in [0.25, 0.3) is 0 Å². The van der Waals surface area contributed by atoms with E-state index in [1.165, 1.54) is 6.07 Å². The Hall–Kier alpha value is -0.710. The zero-order valence-electron chi connectivity index (χ0n) is 10.1. The molecule has 0 bridgehead atoms. The van der Waals surface area contributed by atoms with Gasteiger partial charge in [0.1, 0.15) is 5.82 Å². The second-order valence-electron chi connectivity index (χ2n) is 4.42. The van der Waals surface area contributed by atoms with Crippen LogP contribution in [-0.4, -0.2) is 11.2 Å². The summed E-state index contributed by atoms with van der Waals surface area (Å²) in [6.45, 7) is 0. The average molecular weight is 388 g/mol. The summed E-state index contributed by atoms with van der Waals surface area (Å²) < 4.78 is 15.4. The van der Waals surface area contributed by atoms with Crippen molar-refractivity contribution in [2.24, 2.45) is 0 Å². The van der Waals surface area contributed by atoms with Crippen LogP contribution in [0.15, 0.2) is 51.4 Å². The molecule has 100 valence electrons. The molecule has 0 aliphatic heterocycles. The van der Waals surface area contributed by atoms with E-state index in [-0.39, 0.29) is 5.82 Å². The zero-order valence-corrected chi connectivity index (χ0v) is 13.3. The van der Waals surface area contributed by atoms with Crippen LogP contribution in [0.3, 0.4) is 0 Å². The highest BCUT2D eigenvalue weighted by Crippen LogP contribution is 2.18. The molecule has 1 nitrogen and oxygen atoms in total. The fraction of sp³-hybridized carbons (Fsp3) is 0.200. The first kappa shape index (κ1) is 14.7. The van der Waals surface area contributed by atoms with E-state index in [0.717, 1.165) is 14.5 Å². The van der Waals surface area contributed by atoms with Gasteiger partial charge < -0.3 is 5.11 Å². The van der Waals surface area contributed by atoms with Gasteiger partial charge in [0.05, 0.1) is 6.10 Å². The Bertz CT molecular complexity index is 555. The minimum atomic E-state index is -0.593. The molecule has 1 unspecified atom stereocenters. The third-order valence-corrected chi connectivity index (χ3v) is 3.87. The van der Waals surface area contributed by atoms with Crippen molar-refractivity contribution in [1.29, 1.82) is 0 Å². The van der Waals surface area contributed by atoms with Gasteiger partial charge in [-0.25, -0.2) is 4.39 Å². The highest BCUT2D eigenvalue weighted by molar-refractivity contribution is 9.10. The molecular weight excluding hydrogens is 375 g/mol. The molecule has 0 heterocycles. The van der Waals surface area contributed by atoms with Crippen LogP contribution in [0, 0.1) is 5.82 Å². The number of hydrogen-bond donors (Lipinski definition) is 1. The molecule has 1 atom stereocenters. The molecule has 2 aromatic rings. The molecule has 0 spiro atoms. The molecule has 0 radical (unpaired) electrons. The van der Waals surface area contributed by atoms with Crippen LogP contribution in [0.1, 0.15) is 11.1 Å². The Labute approximate surface area is 128 Å². The van der Waals surface area contributed by atoms with Crippen molar-refractivity contribution < 1.29 is 9.50 Å². The van der Waals surface area contributed by atoms with E-state index in [9.17, 15) is 9.50 Å². The SMILES string of the molecule is OC(Cc1ccc(Br)cc1)Cc1cc(Br)ccc1F. The van der Waals surface area contributed by atoms with Crippen LogP contribution >= 0.6 is 31.9 Å². The molecule has 0 aliphatic carbocycles. The Morgan fingerprint density at radius 1 is 0.947 bits per heavy atom. The van der Waals surface area contributed by atoms with E-state index in [2.05, 4.69) is 31.9 Å². The van der Waals surface area contributed by atoms with Crippen LogP contribution in [-0.2, 0) is 12.8 Å². The molecule has 2 rings (SSSR count). The lowest BCUT2D eigenvalue weighted by molar-refractivity contribution is 0.174. The van der Waals surface area contributed by atoms with Crippen molar-refractivity contribution in [2.45, 2.75) is 18.9 Å². The van der Waals surface area contributed by atoms with Gasteiger partial charge in [0.15, 0.2) is 0 Å². The third kappa shape index (κ3) is 4.41. The van der Waals surface area contributed by atoms with E-state index in [1.807, 2.05) is 24.3 Å². The standard InChI is InChI=1S/C15H13Br2FO/c16-12-3-1-10(2-4-12)7-14(19)9-11-8-13(17)5-6-15(11)18/h1-6,8,14,19H,7,9H2. The van der Waals surface area contributed by atoms with Crippen LogP contribution in [0.5, 0.6) is 0 Å². The highest BCUT2D eigenvalue weighted by Gasteiger charge is 2.11. The predicted octanol–water partition coefficient (Wildman–Crippen LogP) is 4.50. The quantitative estimate of drug-likeness (QED) is 0.818. The molecule has 0 saturated carbocycles. The molecular formula is C15H13Br2FO. The van der Waals surface area contributed by atoms with Crippen molar-refractivity contribution in [3.05, 3.63) is 68.4 Å². The summed E-state index contributed by atoms with van der Waals surface area (Å²) >= 11 is 6.67. The Morgan fingerprint density at radius 3 is 2.26 bits per heavy atom. The summed E-state index contributed by atoms with van der Waals surface area (Å²) in [4.78, 5) is 0. The fourth-order valence-electron chi connectivity index (χ4n) is 1.92. The molecule has 0 aliphatic rings. The molecule has 0 fully saturated rings. The van der Waals surface area contributed by atoms with E-state index in [4.69, 9.17) is 0 Å². The van der Waals surface area contributed by atoms with Crippen LogP contribution in [0.25, 0.3) is 0 Å². The number of aliphatic hydroxyl groups excluding tert-OH is 1. The Balaban J connectivity index is 2.02. The van der Waals surface area contributed by atoms with Crippen molar-refractivity contribution in [1.82, 2.24) is 0 Å². The van der Waals surface area contributed by atoms with Crippen LogP contribution in [0.2, 0.25) is 0 Å². The van der Waals surface area contributed by atoms with Gasteiger partial charge in [-0.05, 0) is 47.9 Å². The first-order chi connectivity index (χ1) is 9.04. The summed E-state index contributed by atoms with van der Waals surface area (Å²) in [7, 11) is 0. The lowest BCUT2D eigenvalue weighted by Gasteiger charge is -2.12. The summed E-state index contributed by atoms with van der Waals surface area (Å²) in [5, 5.41) is 10.0. The topological polar surface area (TPSA) is 20.2 Å². The monoisotopic (exact) mass is 386 g/mol. The number of aliphatic hydroxyl groups is 1. The van der Waals surface area contributed by atoms with Gasteiger partial charge in [0.2, 0.25) is 0 Å². The maximum atomic E-state index is 13.6. The summed E-state index contributed by atoms with van der Waals surface area (Å²) in [5.41, 5.74) is 1.56. The van der Waals surface area contributed by atoms with Gasteiger partial charge in [-0.1, -0.05) is 44.0 Å². The number of benzene rings is 2.